The summed E-state index contributed by atoms with van der Waals surface area (Å²) in [7, 11) is 1.71. The van der Waals surface area contributed by atoms with E-state index in [4.69, 9.17) is 14.5 Å². The van der Waals surface area contributed by atoms with Gasteiger partial charge in [0, 0.05) is 37.8 Å². The molecule has 1 aliphatic heterocycles. The minimum Gasteiger partial charge on any atom is -0.473 e. The summed E-state index contributed by atoms with van der Waals surface area (Å²) in [5.41, 5.74) is 1.11. The van der Waals surface area contributed by atoms with Crippen LogP contribution in [-0.2, 0) is 14.9 Å². The lowest BCUT2D eigenvalue weighted by atomic mass is 9.92. The van der Waals surface area contributed by atoms with Gasteiger partial charge < -0.3 is 19.9 Å². The predicted molar refractivity (Wildman–Crippen MR) is 115 cm³/mol. The van der Waals surface area contributed by atoms with Crippen LogP contribution in [-0.4, -0.2) is 62.6 Å². The Bertz CT molecular complexity index is 1030. The van der Waals surface area contributed by atoms with Crippen molar-refractivity contribution in [1.29, 1.82) is 0 Å². The molecule has 10 heteroatoms. The molecule has 3 heterocycles. The number of hydrogen-bond acceptors (Lipinski definition) is 8. The molecule has 0 aromatic carbocycles. The van der Waals surface area contributed by atoms with Gasteiger partial charge in [-0.2, -0.15) is 10.1 Å². The summed E-state index contributed by atoms with van der Waals surface area (Å²) in [6, 6.07) is -0.0205. The van der Waals surface area contributed by atoms with E-state index in [2.05, 4.69) is 20.5 Å². The van der Waals surface area contributed by atoms with Crippen molar-refractivity contribution < 1.29 is 19.4 Å². The van der Waals surface area contributed by atoms with Gasteiger partial charge in [0.05, 0.1) is 23.8 Å². The maximum absolute atomic E-state index is 13.4. The molecule has 2 atom stereocenters. The van der Waals surface area contributed by atoms with E-state index < -0.39 is 5.41 Å². The highest BCUT2D eigenvalue weighted by molar-refractivity contribution is 6.09. The lowest BCUT2D eigenvalue weighted by molar-refractivity contribution is -0.121. The van der Waals surface area contributed by atoms with Crippen LogP contribution in [0.5, 0.6) is 5.88 Å². The maximum Gasteiger partial charge on any atom is 0.239 e. The molecule has 2 aromatic rings. The number of nitrogens with one attached hydrogen (secondary N) is 2. The second-order valence-corrected chi connectivity index (χ2v) is 9.47. The summed E-state index contributed by atoms with van der Waals surface area (Å²) in [4.78, 5) is 24.5. The van der Waals surface area contributed by atoms with Gasteiger partial charge in [0.2, 0.25) is 17.7 Å². The lowest BCUT2D eigenvalue weighted by Crippen LogP contribution is -2.44. The second-order valence-electron chi connectivity index (χ2n) is 9.47. The summed E-state index contributed by atoms with van der Waals surface area (Å²) >= 11 is 0. The summed E-state index contributed by atoms with van der Waals surface area (Å²) in [6.07, 6.45) is 9.94. The van der Waals surface area contributed by atoms with Gasteiger partial charge in [0.25, 0.3) is 0 Å². The van der Waals surface area contributed by atoms with E-state index in [1.807, 2.05) is 4.90 Å². The first-order valence-electron chi connectivity index (χ1n) is 11.5. The Balaban J connectivity index is 1.25. The van der Waals surface area contributed by atoms with Gasteiger partial charge in [0.1, 0.15) is 17.6 Å². The Hall–Kier alpha value is -2.72. The number of anilines is 3. The first-order valence-corrected chi connectivity index (χ1v) is 11.5. The summed E-state index contributed by atoms with van der Waals surface area (Å²) < 4.78 is 11.3. The Morgan fingerprint density at radius 2 is 2.06 bits per heavy atom. The molecule has 3 aliphatic carbocycles. The minimum atomic E-state index is -0.456. The second kappa shape index (κ2) is 7.41. The molecule has 10 nitrogen and oxygen atoms in total. The first-order chi connectivity index (χ1) is 15.6. The fraction of sp³-hybridized carbons (Fsp3) is 0.636. The molecule has 3 fully saturated rings. The normalized spacial score (nSPS) is 30.2. The van der Waals surface area contributed by atoms with Crippen LogP contribution in [0.4, 0.5) is 17.5 Å². The van der Waals surface area contributed by atoms with Crippen LogP contribution in [0.3, 0.4) is 0 Å². The number of aromatic amines is 1. The zero-order valence-corrected chi connectivity index (χ0v) is 18.1. The average molecular weight is 441 g/mol. The number of rotatable bonds is 6. The number of nitrogens with zero attached hydrogens (tertiary/aromatic N) is 4. The third-order valence-corrected chi connectivity index (χ3v) is 7.39. The number of methoxy groups -OCH3 is 1. The SMILES string of the molecule is COC1CC(Oc2[nH]ncc2Nc2ncc3c(n2)N([C@@H]2CCC[C@@H](O)C2)C(=O)C32CC2)C1. The number of fused-ring (bicyclic) bond motifs is 2. The number of amides is 1. The fourth-order valence-corrected chi connectivity index (χ4v) is 5.26. The molecule has 3 saturated carbocycles. The molecular formula is C22H28N6O4. The Labute approximate surface area is 185 Å². The van der Waals surface area contributed by atoms with Gasteiger partial charge in [0.15, 0.2) is 0 Å². The van der Waals surface area contributed by atoms with E-state index in [0.29, 0.717) is 29.8 Å². The van der Waals surface area contributed by atoms with E-state index in [0.717, 1.165) is 50.5 Å². The number of H-pyrrole nitrogens is 1. The molecular weight excluding hydrogens is 412 g/mol. The largest absolute Gasteiger partial charge is 0.473 e. The number of carbonyl (C=O) groups excluding carboxylic acids is 1. The van der Waals surface area contributed by atoms with Crippen LogP contribution in [0.2, 0.25) is 0 Å². The van der Waals surface area contributed by atoms with Crippen LogP contribution < -0.4 is 15.0 Å². The monoisotopic (exact) mass is 440 g/mol. The van der Waals surface area contributed by atoms with Crippen molar-refractivity contribution in [2.45, 2.75) is 81.1 Å². The number of aliphatic hydroxyl groups excluding tert-OH is 1. The number of aromatic nitrogens is 4. The maximum atomic E-state index is 13.4. The van der Waals surface area contributed by atoms with Crippen molar-refractivity contribution in [2.75, 3.05) is 17.3 Å². The summed E-state index contributed by atoms with van der Waals surface area (Å²) in [6.45, 7) is 0. The van der Waals surface area contributed by atoms with Crippen molar-refractivity contribution >= 4 is 23.4 Å². The van der Waals surface area contributed by atoms with Gasteiger partial charge in [-0.05, 0) is 38.5 Å². The highest BCUT2D eigenvalue weighted by atomic mass is 16.5. The summed E-state index contributed by atoms with van der Waals surface area (Å²) in [5, 5.41) is 20.4. The number of aliphatic hydroxyl groups is 1. The molecule has 2 aromatic heterocycles. The molecule has 0 radical (unpaired) electrons. The van der Waals surface area contributed by atoms with E-state index >= 15 is 0 Å². The van der Waals surface area contributed by atoms with Crippen molar-refractivity contribution in [2.24, 2.45) is 0 Å². The van der Waals surface area contributed by atoms with Crippen molar-refractivity contribution in [1.82, 2.24) is 20.2 Å². The average Bonchev–Trinajstić information content (AvgIpc) is 3.39. The fourth-order valence-electron chi connectivity index (χ4n) is 5.26. The van der Waals surface area contributed by atoms with Gasteiger partial charge in [-0.25, -0.2) is 10.1 Å². The molecule has 3 N–H and O–H groups in total. The minimum absolute atomic E-state index is 0.0205. The van der Waals surface area contributed by atoms with Gasteiger partial charge in [-0.1, -0.05) is 0 Å². The van der Waals surface area contributed by atoms with Crippen LogP contribution in [0, 0.1) is 0 Å². The molecule has 0 saturated heterocycles. The number of ether oxygens (including phenoxy) is 2. The molecule has 1 amide bonds. The van der Waals surface area contributed by atoms with Crippen LogP contribution in [0.25, 0.3) is 0 Å². The zero-order chi connectivity index (χ0) is 21.9. The van der Waals surface area contributed by atoms with Gasteiger partial charge in [-0.3, -0.25) is 9.69 Å². The first kappa shape index (κ1) is 19.9. The predicted octanol–water partition coefficient (Wildman–Crippen LogP) is 2.18. The molecule has 6 rings (SSSR count). The molecule has 32 heavy (non-hydrogen) atoms. The van der Waals surface area contributed by atoms with Crippen LogP contribution >= 0.6 is 0 Å². The Morgan fingerprint density at radius 3 is 2.81 bits per heavy atom. The van der Waals surface area contributed by atoms with Crippen molar-refractivity contribution in [3.8, 4) is 5.88 Å². The van der Waals surface area contributed by atoms with E-state index in [9.17, 15) is 9.90 Å². The van der Waals surface area contributed by atoms with Crippen LogP contribution in [0.1, 0.15) is 56.9 Å². The molecule has 4 aliphatic rings. The van der Waals surface area contributed by atoms with Crippen LogP contribution in [0.15, 0.2) is 12.4 Å². The standard InChI is InChI=1S/C22H28N6O4/c1-31-14-8-15(9-14)32-19-17(11-24-27-19)25-21-23-10-16-18(26-21)28(20(30)22(16)5-6-22)12-3-2-4-13(29)7-12/h10-15,29H,2-9H2,1H3,(H,24,27)(H,23,25,26)/t12-,13-,14?,15?/m1/s1. The third kappa shape index (κ3) is 3.15. The third-order valence-electron chi connectivity index (χ3n) is 7.39. The highest BCUT2D eigenvalue weighted by Gasteiger charge is 2.61. The molecule has 0 bridgehead atoms. The molecule has 170 valence electrons. The topological polar surface area (TPSA) is 125 Å². The quantitative estimate of drug-likeness (QED) is 0.624. The zero-order valence-electron chi connectivity index (χ0n) is 18.1. The number of hydrogen-bond donors (Lipinski definition) is 3. The smallest absolute Gasteiger partial charge is 0.239 e. The molecule has 0 unspecified atom stereocenters. The lowest BCUT2D eigenvalue weighted by Gasteiger charge is -2.33. The highest BCUT2D eigenvalue weighted by Crippen LogP contribution is 2.57. The van der Waals surface area contributed by atoms with Crippen molar-refractivity contribution in [3.05, 3.63) is 18.0 Å². The molecule has 1 spiro atoms. The van der Waals surface area contributed by atoms with Crippen molar-refractivity contribution in [3.63, 3.8) is 0 Å². The van der Waals surface area contributed by atoms with E-state index in [1.165, 1.54) is 0 Å². The Morgan fingerprint density at radius 1 is 1.22 bits per heavy atom. The van der Waals surface area contributed by atoms with Gasteiger partial charge in [-0.15, -0.1) is 0 Å². The Kier molecular flexibility index (Phi) is 4.62. The van der Waals surface area contributed by atoms with E-state index in [1.54, 1.807) is 19.5 Å². The number of carbonyl (C=O) groups is 1. The van der Waals surface area contributed by atoms with E-state index in [-0.39, 0.29) is 30.3 Å². The van der Waals surface area contributed by atoms with Gasteiger partial charge >= 0.3 is 0 Å². The summed E-state index contributed by atoms with van der Waals surface area (Å²) in [5.74, 6) is 1.72.